The van der Waals surface area contributed by atoms with Gasteiger partial charge in [-0.25, -0.2) is 9.18 Å². The molecule has 0 spiro atoms. The van der Waals surface area contributed by atoms with Crippen LogP contribution in [0.15, 0.2) is 42.5 Å². The Hall–Kier alpha value is -2.56. The van der Waals surface area contributed by atoms with Crippen LogP contribution in [0.3, 0.4) is 0 Å². The van der Waals surface area contributed by atoms with Gasteiger partial charge in [0.05, 0.1) is 0 Å². The van der Waals surface area contributed by atoms with Crippen LogP contribution >= 0.6 is 0 Å². The molecule has 0 atom stereocenters. The van der Waals surface area contributed by atoms with E-state index in [1.807, 2.05) is 31.2 Å². The van der Waals surface area contributed by atoms with Crippen molar-refractivity contribution in [2.24, 2.45) is 0 Å². The van der Waals surface area contributed by atoms with Crippen molar-refractivity contribution < 1.29 is 23.8 Å². The normalized spacial score (nSPS) is 10.2. The third-order valence-electron chi connectivity index (χ3n) is 2.80. The summed E-state index contributed by atoms with van der Waals surface area (Å²) in [6.07, 6.45) is 0. The molecule has 0 bridgehead atoms. The third kappa shape index (κ3) is 4.21. The second kappa shape index (κ2) is 6.74. The number of hydrogen-bond donors (Lipinski definition) is 1. The highest BCUT2D eigenvalue weighted by Crippen LogP contribution is 2.19. The fourth-order valence-corrected chi connectivity index (χ4v) is 1.74. The highest BCUT2D eigenvalue weighted by Gasteiger charge is 2.12. The van der Waals surface area contributed by atoms with E-state index >= 15 is 0 Å². The van der Waals surface area contributed by atoms with Gasteiger partial charge in [0.25, 0.3) is 0 Å². The van der Waals surface area contributed by atoms with E-state index in [2.05, 4.69) is 0 Å². The molecule has 5 heteroatoms. The number of carboxylic acids is 1. The monoisotopic (exact) mass is 290 g/mol. The van der Waals surface area contributed by atoms with Crippen molar-refractivity contribution in [2.45, 2.75) is 6.92 Å². The van der Waals surface area contributed by atoms with Gasteiger partial charge in [0, 0.05) is 0 Å². The summed E-state index contributed by atoms with van der Waals surface area (Å²) < 4.78 is 23.8. The van der Waals surface area contributed by atoms with E-state index in [9.17, 15) is 9.18 Å². The van der Waals surface area contributed by atoms with Crippen LogP contribution in [0, 0.1) is 12.7 Å². The maximum atomic E-state index is 13.0. The average molecular weight is 290 g/mol. The lowest BCUT2D eigenvalue weighted by molar-refractivity contribution is 0.0690. The highest BCUT2D eigenvalue weighted by molar-refractivity contribution is 5.90. The van der Waals surface area contributed by atoms with E-state index in [0.29, 0.717) is 5.75 Å². The highest BCUT2D eigenvalue weighted by atomic mass is 19.1. The number of rotatable bonds is 6. The van der Waals surface area contributed by atoms with Crippen LogP contribution < -0.4 is 9.47 Å². The van der Waals surface area contributed by atoms with Crippen LogP contribution in [0.25, 0.3) is 0 Å². The molecule has 0 amide bonds. The van der Waals surface area contributed by atoms with Crippen LogP contribution in [0.1, 0.15) is 15.9 Å². The summed E-state index contributed by atoms with van der Waals surface area (Å²) >= 11 is 0. The molecule has 2 aromatic rings. The number of halogens is 1. The van der Waals surface area contributed by atoms with Crippen molar-refractivity contribution in [3.8, 4) is 11.5 Å². The van der Waals surface area contributed by atoms with Gasteiger partial charge >= 0.3 is 5.97 Å². The summed E-state index contributed by atoms with van der Waals surface area (Å²) in [5, 5.41) is 8.97. The zero-order chi connectivity index (χ0) is 15.2. The summed E-state index contributed by atoms with van der Waals surface area (Å²) in [6.45, 7) is 2.41. The quantitative estimate of drug-likeness (QED) is 0.829. The molecule has 21 heavy (non-hydrogen) atoms. The first-order valence-electron chi connectivity index (χ1n) is 6.41. The Morgan fingerprint density at radius 3 is 2.43 bits per heavy atom. The minimum atomic E-state index is -1.23. The van der Waals surface area contributed by atoms with Gasteiger partial charge in [0.15, 0.2) is 0 Å². The Balaban J connectivity index is 1.89. The summed E-state index contributed by atoms with van der Waals surface area (Å²) in [5.41, 5.74) is 0.932. The predicted molar refractivity (Wildman–Crippen MR) is 75.5 cm³/mol. The molecular weight excluding hydrogens is 275 g/mol. The lowest BCUT2D eigenvalue weighted by Gasteiger charge is -2.10. The van der Waals surface area contributed by atoms with Gasteiger partial charge in [-0.1, -0.05) is 17.7 Å². The minimum absolute atomic E-state index is 0.122. The Morgan fingerprint density at radius 1 is 1.10 bits per heavy atom. The molecule has 0 radical (unpaired) electrons. The zero-order valence-electron chi connectivity index (χ0n) is 11.5. The molecule has 0 heterocycles. The minimum Gasteiger partial charge on any atom is -0.490 e. The molecule has 110 valence electrons. The SMILES string of the molecule is Cc1ccc(OCCOc2ccc(F)cc2C(=O)O)cc1. The summed E-state index contributed by atoms with van der Waals surface area (Å²) in [5.74, 6) is -1.02. The number of ether oxygens (including phenoxy) is 2. The van der Waals surface area contributed by atoms with Crippen LogP contribution in [0.4, 0.5) is 4.39 Å². The van der Waals surface area contributed by atoms with Crippen LogP contribution in [-0.2, 0) is 0 Å². The number of benzene rings is 2. The van der Waals surface area contributed by atoms with Gasteiger partial charge in [0.1, 0.15) is 36.1 Å². The van der Waals surface area contributed by atoms with E-state index in [1.165, 1.54) is 6.07 Å². The lowest BCUT2D eigenvalue weighted by Crippen LogP contribution is -2.11. The molecule has 0 aliphatic heterocycles. The first kappa shape index (κ1) is 14.8. The fourth-order valence-electron chi connectivity index (χ4n) is 1.74. The molecule has 1 N–H and O–H groups in total. The van der Waals surface area contributed by atoms with Gasteiger partial charge in [-0.2, -0.15) is 0 Å². The van der Waals surface area contributed by atoms with E-state index in [1.54, 1.807) is 0 Å². The number of carboxylic acid groups (broad SMARTS) is 1. The molecule has 0 saturated heterocycles. The fraction of sp³-hybridized carbons (Fsp3) is 0.188. The van der Waals surface area contributed by atoms with Crippen molar-refractivity contribution in [3.05, 3.63) is 59.4 Å². The summed E-state index contributed by atoms with van der Waals surface area (Å²) in [6, 6.07) is 10.9. The topological polar surface area (TPSA) is 55.8 Å². The van der Waals surface area contributed by atoms with E-state index in [4.69, 9.17) is 14.6 Å². The summed E-state index contributed by atoms with van der Waals surface area (Å²) in [4.78, 5) is 11.0. The van der Waals surface area contributed by atoms with Gasteiger partial charge in [-0.15, -0.1) is 0 Å². The second-order valence-electron chi connectivity index (χ2n) is 4.46. The molecule has 0 aromatic heterocycles. The predicted octanol–water partition coefficient (Wildman–Crippen LogP) is 3.29. The van der Waals surface area contributed by atoms with Crippen molar-refractivity contribution >= 4 is 5.97 Å². The Bertz CT molecular complexity index is 623. The first-order chi connectivity index (χ1) is 10.1. The van der Waals surface area contributed by atoms with Crippen LogP contribution in [0.2, 0.25) is 0 Å². The summed E-state index contributed by atoms with van der Waals surface area (Å²) in [7, 11) is 0. The average Bonchev–Trinajstić information content (AvgIpc) is 2.46. The molecule has 0 unspecified atom stereocenters. The van der Waals surface area contributed by atoms with E-state index in [-0.39, 0.29) is 24.5 Å². The second-order valence-corrected chi connectivity index (χ2v) is 4.46. The van der Waals surface area contributed by atoms with Gasteiger partial charge in [0.2, 0.25) is 0 Å². The Morgan fingerprint density at radius 2 is 1.76 bits per heavy atom. The maximum Gasteiger partial charge on any atom is 0.339 e. The molecule has 2 rings (SSSR count). The Labute approximate surface area is 121 Å². The molecular formula is C16H15FO4. The number of aromatic carboxylic acids is 1. The molecule has 0 fully saturated rings. The lowest BCUT2D eigenvalue weighted by atomic mass is 10.2. The molecule has 4 nitrogen and oxygen atoms in total. The number of aryl methyl sites for hydroxylation is 1. The van der Waals surface area contributed by atoms with Gasteiger partial charge < -0.3 is 14.6 Å². The van der Waals surface area contributed by atoms with Crippen molar-refractivity contribution in [1.29, 1.82) is 0 Å². The third-order valence-corrected chi connectivity index (χ3v) is 2.80. The van der Waals surface area contributed by atoms with Gasteiger partial charge in [-0.05, 0) is 37.3 Å². The largest absolute Gasteiger partial charge is 0.490 e. The van der Waals surface area contributed by atoms with E-state index in [0.717, 1.165) is 17.7 Å². The Kier molecular flexibility index (Phi) is 4.77. The number of hydrogen-bond acceptors (Lipinski definition) is 3. The van der Waals surface area contributed by atoms with E-state index < -0.39 is 11.8 Å². The first-order valence-corrected chi connectivity index (χ1v) is 6.41. The van der Waals surface area contributed by atoms with Crippen LogP contribution in [-0.4, -0.2) is 24.3 Å². The van der Waals surface area contributed by atoms with Crippen LogP contribution in [0.5, 0.6) is 11.5 Å². The standard InChI is InChI=1S/C16H15FO4/c1-11-2-5-13(6-3-11)20-8-9-21-15-7-4-12(17)10-14(15)16(18)19/h2-7,10H,8-9H2,1H3,(H,18,19). The smallest absolute Gasteiger partial charge is 0.339 e. The molecule has 0 saturated carbocycles. The van der Waals surface area contributed by atoms with Gasteiger partial charge in [-0.3, -0.25) is 0 Å². The van der Waals surface area contributed by atoms with Crippen molar-refractivity contribution in [3.63, 3.8) is 0 Å². The van der Waals surface area contributed by atoms with Crippen molar-refractivity contribution in [1.82, 2.24) is 0 Å². The molecule has 0 aliphatic rings. The molecule has 2 aromatic carbocycles. The zero-order valence-corrected chi connectivity index (χ0v) is 11.5. The van der Waals surface area contributed by atoms with Crippen molar-refractivity contribution in [2.75, 3.05) is 13.2 Å². The maximum absolute atomic E-state index is 13.0. The number of carbonyl (C=O) groups is 1. The molecule has 0 aliphatic carbocycles.